The van der Waals surface area contributed by atoms with Gasteiger partial charge >= 0.3 is 6.03 Å². The van der Waals surface area contributed by atoms with Crippen LogP contribution in [0.4, 0.5) is 14.9 Å². The molecule has 2 amide bonds. The maximum atomic E-state index is 14.1. The van der Waals surface area contributed by atoms with Gasteiger partial charge in [0.15, 0.2) is 0 Å². The molecule has 0 aromatic heterocycles. The number of rotatable bonds is 6. The standard InChI is InChI=1S/C26H38FN5O2/c1-20-18-31(17-14-28-20)19-21-4-6-24(7-5-21)30(2)25(33)32-15-10-23(11-16-32)29-22-8-12-26(27,34-3)13-9-22/h4-9,12,20,23,28-29H,10-11,13-19H2,1-3H3/t20-,26?/m0/s1. The lowest BCUT2D eigenvalue weighted by atomic mass is 10.0. The maximum Gasteiger partial charge on any atom is 0.324 e. The lowest BCUT2D eigenvalue weighted by molar-refractivity contribution is -0.0771. The summed E-state index contributed by atoms with van der Waals surface area (Å²) in [5.41, 5.74) is 3.10. The molecule has 4 rings (SSSR count). The van der Waals surface area contributed by atoms with E-state index in [1.54, 1.807) is 11.0 Å². The number of hydrogen-bond acceptors (Lipinski definition) is 5. The number of piperidine rings is 1. The van der Waals surface area contributed by atoms with Crippen molar-refractivity contribution in [1.29, 1.82) is 0 Å². The van der Waals surface area contributed by atoms with Crippen LogP contribution in [0, 0.1) is 0 Å². The van der Waals surface area contributed by atoms with Gasteiger partial charge in [0, 0.05) is 83.3 Å². The SMILES string of the molecule is COC1(F)C=CC(NC2CCN(C(=O)N(C)c3ccc(CN4CCN[C@@H](C)C4)cc3)CC2)=CC1. The highest BCUT2D eigenvalue weighted by Gasteiger charge is 2.29. The molecule has 2 heterocycles. The lowest BCUT2D eigenvalue weighted by Gasteiger charge is -2.36. The van der Waals surface area contributed by atoms with Gasteiger partial charge in [-0.25, -0.2) is 9.18 Å². The summed E-state index contributed by atoms with van der Waals surface area (Å²) in [7, 11) is 3.22. The third kappa shape index (κ3) is 6.17. The molecule has 0 spiro atoms. The molecule has 3 aliphatic rings. The van der Waals surface area contributed by atoms with Crippen LogP contribution < -0.4 is 15.5 Å². The van der Waals surface area contributed by atoms with Crippen molar-refractivity contribution in [3.8, 4) is 0 Å². The van der Waals surface area contributed by atoms with Crippen molar-refractivity contribution >= 4 is 11.7 Å². The van der Waals surface area contributed by atoms with Gasteiger partial charge in [0.1, 0.15) is 0 Å². The predicted octanol–water partition coefficient (Wildman–Crippen LogP) is 3.25. The predicted molar refractivity (Wildman–Crippen MR) is 133 cm³/mol. The molecule has 0 bridgehead atoms. The quantitative estimate of drug-likeness (QED) is 0.667. The number of nitrogens with one attached hydrogen (secondary N) is 2. The molecule has 2 saturated heterocycles. The Balaban J connectivity index is 1.24. The van der Waals surface area contributed by atoms with E-state index < -0.39 is 5.85 Å². The van der Waals surface area contributed by atoms with Crippen molar-refractivity contribution in [2.75, 3.05) is 51.8 Å². The number of benzene rings is 1. The number of hydrogen-bond donors (Lipinski definition) is 2. The number of likely N-dealkylation sites (tertiary alicyclic amines) is 1. The van der Waals surface area contributed by atoms with Crippen LogP contribution in [0.3, 0.4) is 0 Å². The topological polar surface area (TPSA) is 60.1 Å². The summed E-state index contributed by atoms with van der Waals surface area (Å²) in [4.78, 5) is 19.2. The number of amides is 2. The van der Waals surface area contributed by atoms with E-state index in [0.29, 0.717) is 19.1 Å². The molecular weight excluding hydrogens is 433 g/mol. The number of piperazine rings is 1. The van der Waals surface area contributed by atoms with Crippen LogP contribution in [0.2, 0.25) is 0 Å². The van der Waals surface area contributed by atoms with Gasteiger partial charge in [-0.05, 0) is 49.6 Å². The second-order valence-electron chi connectivity index (χ2n) is 9.69. The fourth-order valence-electron chi connectivity index (χ4n) is 4.87. The van der Waals surface area contributed by atoms with Crippen LogP contribution in [-0.4, -0.2) is 80.7 Å². The van der Waals surface area contributed by atoms with E-state index in [4.69, 9.17) is 4.74 Å². The Hall–Kier alpha value is -2.42. The monoisotopic (exact) mass is 471 g/mol. The van der Waals surface area contributed by atoms with E-state index in [9.17, 15) is 9.18 Å². The molecule has 1 unspecified atom stereocenters. The first-order valence-corrected chi connectivity index (χ1v) is 12.3. The first-order valence-electron chi connectivity index (χ1n) is 12.3. The largest absolute Gasteiger partial charge is 0.382 e. The Labute approximate surface area is 202 Å². The first kappa shape index (κ1) is 24.7. The molecule has 186 valence electrons. The molecular formula is C26H38FN5O2. The second-order valence-corrected chi connectivity index (χ2v) is 9.69. The molecule has 2 N–H and O–H groups in total. The highest BCUT2D eigenvalue weighted by Crippen LogP contribution is 2.26. The smallest absolute Gasteiger partial charge is 0.324 e. The maximum absolute atomic E-state index is 14.1. The van der Waals surface area contributed by atoms with Crippen molar-refractivity contribution in [2.45, 2.75) is 50.7 Å². The zero-order valence-electron chi connectivity index (χ0n) is 20.6. The summed E-state index contributed by atoms with van der Waals surface area (Å²) in [6, 6.07) is 9.16. The van der Waals surface area contributed by atoms with Crippen LogP contribution in [0.25, 0.3) is 0 Å². The molecule has 0 radical (unpaired) electrons. The number of carbonyl (C=O) groups is 1. The van der Waals surface area contributed by atoms with Crippen molar-refractivity contribution in [3.63, 3.8) is 0 Å². The molecule has 1 aromatic rings. The van der Waals surface area contributed by atoms with Gasteiger partial charge in [0.2, 0.25) is 5.85 Å². The van der Waals surface area contributed by atoms with Gasteiger partial charge in [-0.1, -0.05) is 18.2 Å². The van der Waals surface area contributed by atoms with Crippen LogP contribution in [0.1, 0.15) is 31.7 Å². The summed E-state index contributed by atoms with van der Waals surface area (Å²) in [6.07, 6.45) is 6.96. The van der Waals surface area contributed by atoms with E-state index in [-0.39, 0.29) is 18.5 Å². The van der Waals surface area contributed by atoms with Crippen LogP contribution in [0.15, 0.2) is 48.2 Å². The molecule has 8 heteroatoms. The Kier molecular flexibility index (Phi) is 7.91. The van der Waals surface area contributed by atoms with E-state index in [1.165, 1.54) is 18.7 Å². The van der Waals surface area contributed by atoms with Gasteiger partial charge in [-0.15, -0.1) is 0 Å². The van der Waals surface area contributed by atoms with E-state index >= 15 is 0 Å². The highest BCUT2D eigenvalue weighted by molar-refractivity contribution is 5.91. The van der Waals surface area contributed by atoms with Gasteiger partial charge in [-0.3, -0.25) is 9.80 Å². The lowest BCUT2D eigenvalue weighted by Crippen LogP contribution is -2.49. The minimum atomic E-state index is -1.70. The summed E-state index contributed by atoms with van der Waals surface area (Å²) in [5.74, 6) is -1.70. The molecule has 2 fully saturated rings. The number of methoxy groups -OCH3 is 1. The Morgan fingerprint density at radius 2 is 2.00 bits per heavy atom. The van der Waals surface area contributed by atoms with Crippen molar-refractivity contribution < 1.29 is 13.9 Å². The molecule has 0 saturated carbocycles. The van der Waals surface area contributed by atoms with Gasteiger partial charge in [-0.2, -0.15) is 0 Å². The van der Waals surface area contributed by atoms with Crippen LogP contribution in [0.5, 0.6) is 0 Å². The Bertz CT molecular complexity index is 897. The fraction of sp³-hybridized carbons (Fsp3) is 0.577. The number of urea groups is 1. The van der Waals surface area contributed by atoms with Crippen LogP contribution >= 0.6 is 0 Å². The van der Waals surface area contributed by atoms with Crippen molar-refractivity contribution in [3.05, 3.63) is 53.8 Å². The summed E-state index contributed by atoms with van der Waals surface area (Å²) in [6.45, 7) is 7.70. The van der Waals surface area contributed by atoms with Gasteiger partial charge in [0.25, 0.3) is 0 Å². The van der Waals surface area contributed by atoms with Crippen molar-refractivity contribution in [1.82, 2.24) is 20.4 Å². The molecule has 2 aliphatic heterocycles. The summed E-state index contributed by atoms with van der Waals surface area (Å²) >= 11 is 0. The molecule has 1 aliphatic carbocycles. The van der Waals surface area contributed by atoms with E-state index in [0.717, 1.165) is 50.4 Å². The van der Waals surface area contributed by atoms with Gasteiger partial charge < -0.3 is 20.3 Å². The average molecular weight is 472 g/mol. The highest BCUT2D eigenvalue weighted by atomic mass is 19.2. The van der Waals surface area contributed by atoms with E-state index in [2.05, 4.69) is 34.6 Å². The number of anilines is 1. The molecule has 1 aromatic carbocycles. The number of nitrogens with zero attached hydrogens (tertiary/aromatic N) is 3. The second kappa shape index (κ2) is 10.9. The van der Waals surface area contributed by atoms with Crippen LogP contribution in [-0.2, 0) is 11.3 Å². The summed E-state index contributed by atoms with van der Waals surface area (Å²) < 4.78 is 19.0. The average Bonchev–Trinajstić information content (AvgIpc) is 2.86. The minimum Gasteiger partial charge on any atom is -0.382 e. The zero-order valence-corrected chi connectivity index (χ0v) is 20.6. The fourth-order valence-corrected chi connectivity index (χ4v) is 4.87. The molecule has 34 heavy (non-hydrogen) atoms. The Morgan fingerprint density at radius 1 is 1.26 bits per heavy atom. The van der Waals surface area contributed by atoms with Crippen molar-refractivity contribution in [2.24, 2.45) is 0 Å². The third-order valence-corrected chi connectivity index (χ3v) is 7.06. The number of halogens is 1. The molecule has 2 atom stereocenters. The van der Waals surface area contributed by atoms with Gasteiger partial charge in [0.05, 0.1) is 0 Å². The third-order valence-electron chi connectivity index (χ3n) is 7.06. The minimum absolute atomic E-state index is 0.0289. The normalized spacial score (nSPS) is 26.3. The summed E-state index contributed by atoms with van der Waals surface area (Å²) in [5, 5.41) is 6.95. The molecule has 7 nitrogen and oxygen atoms in total. The number of alkyl halides is 1. The number of ether oxygens (including phenoxy) is 1. The Morgan fingerprint density at radius 3 is 2.62 bits per heavy atom. The van der Waals surface area contributed by atoms with E-state index in [1.807, 2.05) is 30.2 Å². The zero-order chi connectivity index (χ0) is 24.1. The first-order chi connectivity index (χ1) is 16.3. The number of carbonyl (C=O) groups excluding carboxylic acids is 1. The number of allylic oxidation sites excluding steroid dienone is 1.